The first-order valence-corrected chi connectivity index (χ1v) is 27.9. The molecule has 3 N–H and O–H groups in total. The van der Waals surface area contributed by atoms with E-state index in [0.717, 1.165) is 38.5 Å². The lowest BCUT2D eigenvalue weighted by atomic mass is 10.0. The lowest BCUT2D eigenvalue weighted by molar-refractivity contribution is -0.123. The second-order valence-corrected chi connectivity index (χ2v) is 19.0. The lowest BCUT2D eigenvalue weighted by Gasteiger charge is -2.19. The maximum absolute atomic E-state index is 12.5. The fourth-order valence-corrected chi connectivity index (χ4v) is 8.52. The van der Waals surface area contributed by atoms with Crippen molar-refractivity contribution in [3.05, 3.63) is 48.6 Å². The van der Waals surface area contributed by atoms with Crippen LogP contribution < -0.4 is 5.32 Å². The van der Waals surface area contributed by atoms with E-state index < -0.39 is 12.1 Å². The molecule has 0 aromatic heterocycles. The summed E-state index contributed by atoms with van der Waals surface area (Å²) < 4.78 is 0. The Balaban J connectivity index is 3.46. The first-order chi connectivity index (χ1) is 30.7. The Bertz CT molecular complexity index is 985. The van der Waals surface area contributed by atoms with Crippen molar-refractivity contribution in [2.24, 2.45) is 0 Å². The van der Waals surface area contributed by atoms with Gasteiger partial charge in [0.05, 0.1) is 18.8 Å². The molecule has 2 unspecified atom stereocenters. The number of nitrogens with one attached hydrogen (secondary N) is 1. The topological polar surface area (TPSA) is 69.6 Å². The molecule has 0 aliphatic rings. The van der Waals surface area contributed by atoms with E-state index in [1.54, 1.807) is 6.08 Å². The zero-order chi connectivity index (χ0) is 44.9. The molecule has 0 saturated heterocycles. The molecule has 0 fully saturated rings. The molecule has 4 nitrogen and oxygen atoms in total. The number of allylic oxidation sites excluding steroid dienone is 7. The van der Waals surface area contributed by atoms with Gasteiger partial charge in [-0.15, -0.1) is 0 Å². The number of unbranched alkanes of at least 4 members (excludes halogenated alkanes) is 38. The molecule has 364 valence electrons. The Labute approximate surface area is 388 Å². The zero-order valence-corrected chi connectivity index (χ0v) is 41.9. The zero-order valence-electron chi connectivity index (χ0n) is 41.9. The van der Waals surface area contributed by atoms with Crippen LogP contribution in [-0.4, -0.2) is 34.9 Å². The average Bonchev–Trinajstić information content (AvgIpc) is 3.28. The minimum atomic E-state index is -0.861. The number of aliphatic hydroxyl groups excluding tert-OH is 2. The maximum Gasteiger partial charge on any atom is 0.220 e. The molecule has 0 spiro atoms. The van der Waals surface area contributed by atoms with E-state index in [0.29, 0.717) is 6.42 Å². The van der Waals surface area contributed by atoms with Gasteiger partial charge in [-0.2, -0.15) is 0 Å². The van der Waals surface area contributed by atoms with Crippen molar-refractivity contribution in [1.82, 2.24) is 5.32 Å². The third kappa shape index (κ3) is 49.4. The normalized spacial score (nSPS) is 13.2. The summed E-state index contributed by atoms with van der Waals surface area (Å²) in [7, 11) is 0. The first-order valence-electron chi connectivity index (χ1n) is 27.9. The van der Waals surface area contributed by atoms with E-state index in [1.165, 1.54) is 238 Å². The summed E-state index contributed by atoms with van der Waals surface area (Å²) in [5, 5.41) is 23.1. The molecule has 0 aliphatic carbocycles. The van der Waals surface area contributed by atoms with Crippen LogP contribution in [0.1, 0.15) is 296 Å². The maximum atomic E-state index is 12.5. The van der Waals surface area contributed by atoms with E-state index in [-0.39, 0.29) is 12.5 Å². The molecule has 0 saturated carbocycles. The summed E-state index contributed by atoms with van der Waals surface area (Å²) in [6.07, 6.45) is 74.2. The summed E-state index contributed by atoms with van der Waals surface area (Å²) in [5.41, 5.74) is 0. The van der Waals surface area contributed by atoms with E-state index in [9.17, 15) is 15.0 Å². The van der Waals surface area contributed by atoms with Gasteiger partial charge in [0.1, 0.15) is 0 Å². The number of amides is 1. The van der Waals surface area contributed by atoms with Crippen LogP contribution in [0.3, 0.4) is 0 Å². The standard InChI is InChI=1S/C58H109NO3/c1-3-5-7-9-11-13-15-17-19-21-22-23-24-25-26-27-28-29-30-31-32-33-34-35-36-38-40-42-44-46-48-50-52-54-58(62)59-56(55-60)57(61)53-51-49-47-45-43-41-39-37-20-18-16-14-12-10-8-6-4-2/h15,17,21-22,43,45,51,53,56-57,60-61H,3-14,16,18-20,23-42,44,46-50,52,54-55H2,1-2H3,(H,59,62)/b17-15-,22-21-,45-43+,53-51+. The highest BCUT2D eigenvalue weighted by Gasteiger charge is 2.18. The molecule has 0 rings (SSSR count). The van der Waals surface area contributed by atoms with E-state index in [4.69, 9.17) is 0 Å². The summed E-state index contributed by atoms with van der Waals surface area (Å²) in [6.45, 7) is 4.31. The molecule has 4 heteroatoms. The SMILES string of the molecule is CCCCCCC/C=C\C/C=C\CCCCCCCCCCCCCCCCCCCCCCCC(=O)NC(CO)C(O)/C=C/CC/C=C/CCCCCCCCCCCCC. The Hall–Kier alpha value is -1.65. The second kappa shape index (κ2) is 53.7. The molecule has 0 aromatic carbocycles. The number of carbonyl (C=O) groups excluding carboxylic acids is 1. The molecule has 1 amide bonds. The second-order valence-electron chi connectivity index (χ2n) is 19.0. The van der Waals surface area contributed by atoms with Gasteiger partial charge in [0, 0.05) is 6.42 Å². The van der Waals surface area contributed by atoms with Gasteiger partial charge in [-0.1, -0.05) is 274 Å². The molecule has 2 atom stereocenters. The van der Waals surface area contributed by atoms with Crippen molar-refractivity contribution < 1.29 is 15.0 Å². The van der Waals surface area contributed by atoms with Gasteiger partial charge in [-0.25, -0.2) is 0 Å². The van der Waals surface area contributed by atoms with Crippen molar-refractivity contribution in [3.8, 4) is 0 Å². The van der Waals surface area contributed by atoms with E-state index in [1.807, 2.05) is 6.08 Å². The summed E-state index contributed by atoms with van der Waals surface area (Å²) in [5.74, 6) is -0.0698. The molecule has 0 aliphatic heterocycles. The smallest absolute Gasteiger partial charge is 0.220 e. The van der Waals surface area contributed by atoms with E-state index >= 15 is 0 Å². The molecular formula is C58H109NO3. The number of hydrogen-bond donors (Lipinski definition) is 3. The first kappa shape index (κ1) is 60.4. The van der Waals surface area contributed by atoms with Gasteiger partial charge in [-0.3, -0.25) is 4.79 Å². The third-order valence-corrected chi connectivity index (χ3v) is 12.8. The van der Waals surface area contributed by atoms with Gasteiger partial charge in [0.2, 0.25) is 5.91 Å². The number of aliphatic hydroxyl groups is 2. The van der Waals surface area contributed by atoms with Crippen LogP contribution in [0.15, 0.2) is 48.6 Å². The summed E-state index contributed by atoms with van der Waals surface area (Å²) >= 11 is 0. The lowest BCUT2D eigenvalue weighted by Crippen LogP contribution is -2.45. The van der Waals surface area contributed by atoms with Crippen LogP contribution in [0, 0.1) is 0 Å². The number of rotatable bonds is 51. The van der Waals surface area contributed by atoms with Crippen LogP contribution in [0.5, 0.6) is 0 Å². The van der Waals surface area contributed by atoms with Crippen molar-refractivity contribution >= 4 is 5.91 Å². The highest BCUT2D eigenvalue weighted by Crippen LogP contribution is 2.17. The van der Waals surface area contributed by atoms with Crippen molar-refractivity contribution in [2.75, 3.05) is 6.61 Å². The number of hydrogen-bond acceptors (Lipinski definition) is 3. The van der Waals surface area contributed by atoms with Gasteiger partial charge in [0.25, 0.3) is 0 Å². The molecule has 0 heterocycles. The van der Waals surface area contributed by atoms with Crippen LogP contribution in [-0.2, 0) is 4.79 Å². The highest BCUT2D eigenvalue weighted by molar-refractivity contribution is 5.76. The van der Waals surface area contributed by atoms with Gasteiger partial charge < -0.3 is 15.5 Å². The Morgan fingerprint density at radius 3 is 1.03 bits per heavy atom. The molecule has 62 heavy (non-hydrogen) atoms. The predicted molar refractivity (Wildman–Crippen MR) is 276 cm³/mol. The molecule has 0 aromatic rings. The van der Waals surface area contributed by atoms with E-state index in [2.05, 4.69) is 55.6 Å². The minimum Gasteiger partial charge on any atom is -0.394 e. The average molecular weight is 869 g/mol. The van der Waals surface area contributed by atoms with Gasteiger partial charge >= 0.3 is 0 Å². The predicted octanol–water partition coefficient (Wildman–Crippen LogP) is 18.3. The van der Waals surface area contributed by atoms with Gasteiger partial charge in [0.15, 0.2) is 0 Å². The summed E-state index contributed by atoms with van der Waals surface area (Å²) in [4.78, 5) is 12.5. The Kier molecular flexibility index (Phi) is 52.3. The van der Waals surface area contributed by atoms with Crippen molar-refractivity contribution in [2.45, 2.75) is 309 Å². The van der Waals surface area contributed by atoms with Crippen molar-refractivity contribution in [1.29, 1.82) is 0 Å². The highest BCUT2D eigenvalue weighted by atomic mass is 16.3. The van der Waals surface area contributed by atoms with Crippen LogP contribution in [0.4, 0.5) is 0 Å². The Morgan fingerprint density at radius 2 is 0.677 bits per heavy atom. The third-order valence-electron chi connectivity index (χ3n) is 12.8. The Morgan fingerprint density at radius 1 is 0.387 bits per heavy atom. The largest absolute Gasteiger partial charge is 0.394 e. The fraction of sp³-hybridized carbons (Fsp3) is 0.845. The minimum absolute atomic E-state index is 0.0698. The monoisotopic (exact) mass is 868 g/mol. The number of carbonyl (C=O) groups is 1. The fourth-order valence-electron chi connectivity index (χ4n) is 8.52. The van der Waals surface area contributed by atoms with Crippen LogP contribution >= 0.6 is 0 Å². The molecule has 0 radical (unpaired) electrons. The van der Waals surface area contributed by atoms with Crippen LogP contribution in [0.25, 0.3) is 0 Å². The van der Waals surface area contributed by atoms with Crippen molar-refractivity contribution in [3.63, 3.8) is 0 Å². The van der Waals surface area contributed by atoms with Gasteiger partial charge in [-0.05, 0) is 64.2 Å². The quantitative estimate of drug-likeness (QED) is 0.0421. The molecular weight excluding hydrogens is 759 g/mol. The van der Waals surface area contributed by atoms with Crippen LogP contribution in [0.2, 0.25) is 0 Å². The molecule has 0 bridgehead atoms. The summed E-state index contributed by atoms with van der Waals surface area (Å²) in [6, 6.07) is -0.638.